The lowest BCUT2D eigenvalue weighted by Gasteiger charge is -2.39. The molecule has 0 bridgehead atoms. The van der Waals surface area contributed by atoms with Gasteiger partial charge >= 0.3 is 0 Å². The molecule has 2 aromatic carbocycles. The summed E-state index contributed by atoms with van der Waals surface area (Å²) in [5.74, 6) is 1.39. The van der Waals surface area contributed by atoms with Crippen LogP contribution in [-0.4, -0.2) is 66.6 Å². The van der Waals surface area contributed by atoms with Crippen molar-refractivity contribution in [3.63, 3.8) is 0 Å². The first-order chi connectivity index (χ1) is 22.2. The van der Waals surface area contributed by atoms with Crippen LogP contribution in [0.25, 0.3) is 6.08 Å². The highest BCUT2D eigenvalue weighted by Gasteiger charge is 2.33. The molecule has 2 aliphatic rings. The number of amides is 1. The van der Waals surface area contributed by atoms with E-state index in [1.54, 1.807) is 48.8 Å². The van der Waals surface area contributed by atoms with Gasteiger partial charge in [0, 0.05) is 44.8 Å². The van der Waals surface area contributed by atoms with E-state index in [1.807, 2.05) is 36.1 Å². The number of methoxy groups -OCH3 is 2. The van der Waals surface area contributed by atoms with Crippen molar-refractivity contribution in [2.24, 2.45) is 0 Å². The van der Waals surface area contributed by atoms with E-state index in [-0.39, 0.29) is 22.8 Å². The van der Waals surface area contributed by atoms with Crippen LogP contribution in [-0.2, 0) is 17.8 Å². The summed E-state index contributed by atoms with van der Waals surface area (Å²) in [6.07, 6.45) is 3.00. The predicted octanol–water partition coefficient (Wildman–Crippen LogP) is 5.37. The number of pyridine rings is 1. The summed E-state index contributed by atoms with van der Waals surface area (Å²) < 4.78 is 27.4. The number of thioether (sulfide) groups is 1. The normalized spacial score (nSPS) is 15.9. The Morgan fingerprint density at radius 2 is 1.72 bits per heavy atom. The number of anilines is 2. The van der Waals surface area contributed by atoms with Crippen LogP contribution >= 0.6 is 24.0 Å². The van der Waals surface area contributed by atoms with Crippen molar-refractivity contribution in [2.75, 3.05) is 56.7 Å². The summed E-state index contributed by atoms with van der Waals surface area (Å²) in [6.45, 7) is 6.63. The standard InChI is InChI=1S/C34H36FN5O4S2/c1-5-13-39-31(38-17-15-37(16-18-38)27-9-7-6-8-26(27)35)24(22(2)25(21-36)32(39)41)20-30-33(42)40(34(45)46-30)14-12-23-10-11-28(43-3)29(19-23)44-4/h6-11,19-20H,5,12-18H2,1-4H3/b30-20+. The zero-order valence-electron chi connectivity index (χ0n) is 26.3. The average Bonchev–Trinajstić information content (AvgIpc) is 3.33. The molecule has 9 nitrogen and oxygen atoms in total. The highest BCUT2D eigenvalue weighted by atomic mass is 32.2. The molecule has 1 amide bonds. The van der Waals surface area contributed by atoms with Gasteiger partial charge in [-0.05, 0) is 61.2 Å². The number of hydrogen-bond donors (Lipinski definition) is 0. The number of nitriles is 1. The maximum atomic E-state index is 14.6. The van der Waals surface area contributed by atoms with E-state index >= 15 is 0 Å². The Hall–Kier alpha value is -4.34. The van der Waals surface area contributed by atoms with Crippen molar-refractivity contribution in [2.45, 2.75) is 33.2 Å². The monoisotopic (exact) mass is 661 g/mol. The van der Waals surface area contributed by atoms with Gasteiger partial charge in [-0.25, -0.2) is 4.39 Å². The first kappa shape index (κ1) is 33.0. The van der Waals surface area contributed by atoms with Crippen LogP contribution in [0.4, 0.5) is 15.9 Å². The van der Waals surface area contributed by atoms with Crippen LogP contribution in [0.1, 0.15) is 35.6 Å². The van der Waals surface area contributed by atoms with E-state index in [0.717, 1.165) is 5.56 Å². The lowest BCUT2D eigenvalue weighted by atomic mass is 10.0. The molecule has 0 spiro atoms. The number of aromatic nitrogens is 1. The Labute approximate surface area is 277 Å². The molecule has 2 fully saturated rings. The quantitative estimate of drug-likeness (QED) is 0.210. The smallest absolute Gasteiger partial charge is 0.270 e. The number of hydrogen-bond acceptors (Lipinski definition) is 9. The fourth-order valence-corrected chi connectivity index (χ4v) is 7.17. The Kier molecular flexibility index (Phi) is 10.3. The molecule has 2 saturated heterocycles. The Morgan fingerprint density at radius 3 is 2.37 bits per heavy atom. The lowest BCUT2D eigenvalue weighted by molar-refractivity contribution is -0.122. The number of para-hydroxylation sites is 1. The van der Waals surface area contributed by atoms with E-state index in [0.29, 0.717) is 95.5 Å². The van der Waals surface area contributed by atoms with Gasteiger partial charge in [-0.3, -0.25) is 19.1 Å². The van der Waals surface area contributed by atoms with Gasteiger partial charge in [-0.2, -0.15) is 5.26 Å². The van der Waals surface area contributed by atoms with Crippen LogP contribution in [0.15, 0.2) is 52.2 Å². The van der Waals surface area contributed by atoms with E-state index < -0.39 is 0 Å². The molecule has 5 rings (SSSR count). The third kappa shape index (κ3) is 6.48. The Bertz CT molecular complexity index is 1790. The number of ether oxygens (including phenoxy) is 2. The van der Waals surface area contributed by atoms with Gasteiger partial charge in [0.1, 0.15) is 27.6 Å². The number of nitrogens with zero attached hydrogens (tertiary/aromatic N) is 5. The Balaban J connectivity index is 1.47. The summed E-state index contributed by atoms with van der Waals surface area (Å²) in [6, 6.07) is 14.4. The van der Waals surface area contributed by atoms with Crippen LogP contribution in [0.3, 0.4) is 0 Å². The minimum Gasteiger partial charge on any atom is -0.493 e. The fourth-order valence-electron chi connectivity index (χ4n) is 5.88. The molecule has 12 heteroatoms. The van der Waals surface area contributed by atoms with Crippen molar-refractivity contribution in [1.82, 2.24) is 9.47 Å². The third-order valence-electron chi connectivity index (χ3n) is 8.29. The average molecular weight is 662 g/mol. The molecule has 0 aliphatic carbocycles. The topological polar surface area (TPSA) is 91.0 Å². The molecule has 0 radical (unpaired) electrons. The van der Waals surface area contributed by atoms with Crippen LogP contribution in [0.2, 0.25) is 0 Å². The molecule has 0 N–H and O–H groups in total. The maximum Gasteiger partial charge on any atom is 0.270 e. The van der Waals surface area contributed by atoms with Gasteiger partial charge in [0.2, 0.25) is 0 Å². The van der Waals surface area contributed by atoms with E-state index in [9.17, 15) is 19.2 Å². The van der Waals surface area contributed by atoms with E-state index in [1.165, 1.54) is 17.8 Å². The van der Waals surface area contributed by atoms with E-state index in [2.05, 4.69) is 11.0 Å². The highest BCUT2D eigenvalue weighted by Crippen LogP contribution is 2.37. The first-order valence-electron chi connectivity index (χ1n) is 15.1. The molecule has 46 heavy (non-hydrogen) atoms. The Morgan fingerprint density at radius 1 is 1.02 bits per heavy atom. The SMILES string of the molecule is CCCn1c(N2CCN(c3ccccc3F)CC2)c(/C=C2/SC(=S)N(CCc3ccc(OC)c(OC)c3)C2=O)c(C)c(C#N)c1=O. The highest BCUT2D eigenvalue weighted by molar-refractivity contribution is 8.26. The van der Waals surface area contributed by atoms with Crippen molar-refractivity contribution < 1.29 is 18.7 Å². The van der Waals surface area contributed by atoms with Crippen molar-refractivity contribution in [3.05, 3.63) is 85.8 Å². The second-order valence-electron chi connectivity index (χ2n) is 11.0. The second-order valence-corrected chi connectivity index (χ2v) is 12.7. The molecule has 0 atom stereocenters. The van der Waals surface area contributed by atoms with Crippen molar-refractivity contribution in [3.8, 4) is 17.6 Å². The molecule has 0 saturated carbocycles. The van der Waals surface area contributed by atoms with Gasteiger partial charge in [-0.1, -0.05) is 49.1 Å². The second kappa shape index (κ2) is 14.4. The molecular weight excluding hydrogens is 626 g/mol. The maximum absolute atomic E-state index is 14.6. The number of carbonyl (C=O) groups excluding carboxylic acids is 1. The molecule has 3 aromatic rings. The minimum atomic E-state index is -0.354. The third-order valence-corrected chi connectivity index (χ3v) is 9.66. The lowest BCUT2D eigenvalue weighted by Crippen LogP contribution is -2.49. The fraction of sp³-hybridized carbons (Fsp3) is 0.353. The summed E-state index contributed by atoms with van der Waals surface area (Å²) in [5, 5.41) is 9.99. The van der Waals surface area contributed by atoms with Gasteiger partial charge in [0.25, 0.3) is 11.5 Å². The molecular formula is C34H36FN5O4S2. The molecule has 1 aromatic heterocycles. The van der Waals surface area contributed by atoms with Gasteiger partial charge in [0.15, 0.2) is 11.5 Å². The number of benzene rings is 2. The summed E-state index contributed by atoms with van der Waals surface area (Å²) in [4.78, 5) is 33.4. The van der Waals surface area contributed by atoms with Gasteiger partial charge in [0.05, 0.1) is 24.8 Å². The minimum absolute atomic E-state index is 0.0531. The molecule has 0 unspecified atom stereocenters. The van der Waals surface area contributed by atoms with Crippen molar-refractivity contribution in [1.29, 1.82) is 5.26 Å². The van der Waals surface area contributed by atoms with Gasteiger partial charge < -0.3 is 19.3 Å². The molecule has 240 valence electrons. The van der Waals surface area contributed by atoms with Crippen LogP contribution in [0, 0.1) is 24.1 Å². The summed E-state index contributed by atoms with van der Waals surface area (Å²) in [5.41, 5.74) is 2.37. The zero-order valence-corrected chi connectivity index (χ0v) is 28.0. The number of piperazine rings is 1. The molecule has 2 aliphatic heterocycles. The number of rotatable bonds is 10. The van der Waals surface area contributed by atoms with E-state index in [4.69, 9.17) is 21.7 Å². The number of thiocarbonyl (C=S) groups is 1. The zero-order chi connectivity index (χ0) is 33.0. The number of carbonyl (C=O) groups is 1. The van der Waals surface area contributed by atoms with Crippen LogP contribution < -0.4 is 24.8 Å². The summed E-state index contributed by atoms with van der Waals surface area (Å²) >= 11 is 6.85. The molecule has 3 heterocycles. The number of halogens is 1. The first-order valence-corrected chi connectivity index (χ1v) is 16.3. The van der Waals surface area contributed by atoms with Crippen molar-refractivity contribution >= 4 is 51.8 Å². The summed E-state index contributed by atoms with van der Waals surface area (Å²) in [7, 11) is 3.16. The van der Waals surface area contributed by atoms with Gasteiger partial charge in [-0.15, -0.1) is 0 Å². The largest absolute Gasteiger partial charge is 0.493 e. The predicted molar refractivity (Wildman–Crippen MR) is 184 cm³/mol. The van der Waals surface area contributed by atoms with Crippen LogP contribution in [0.5, 0.6) is 11.5 Å².